The highest BCUT2D eigenvalue weighted by Crippen LogP contribution is 2.22. The molecule has 2 aromatic rings. The molecule has 2 nitrogen and oxygen atoms in total. The number of halogens is 1. The number of aromatic nitrogens is 1. The average Bonchev–Trinajstić information content (AvgIpc) is 2.89. The minimum atomic E-state index is 0.859. The highest BCUT2D eigenvalue weighted by atomic mass is 79.9. The predicted molar refractivity (Wildman–Crippen MR) is 82.6 cm³/mol. The van der Waals surface area contributed by atoms with Gasteiger partial charge < -0.3 is 4.90 Å². The Bertz CT molecular complexity index is 497. The molecule has 0 amide bonds. The third-order valence-electron chi connectivity index (χ3n) is 2.87. The summed E-state index contributed by atoms with van der Waals surface area (Å²) in [6.45, 7) is 6.22. The number of pyridine rings is 1. The van der Waals surface area contributed by atoms with Crippen molar-refractivity contribution >= 4 is 33.1 Å². The van der Waals surface area contributed by atoms with Crippen LogP contribution in [0.3, 0.4) is 0 Å². The molecular formula is C14H17BrN2S. The molecule has 0 saturated heterocycles. The predicted octanol–water partition coefficient (Wildman–Crippen LogP) is 4.37. The van der Waals surface area contributed by atoms with Crippen LogP contribution in [0, 0.1) is 6.92 Å². The Morgan fingerprint density at radius 3 is 2.83 bits per heavy atom. The number of nitrogens with zero attached hydrogens (tertiary/aromatic N) is 2. The summed E-state index contributed by atoms with van der Waals surface area (Å²) in [7, 11) is 0. The fourth-order valence-electron chi connectivity index (χ4n) is 1.96. The van der Waals surface area contributed by atoms with Gasteiger partial charge in [-0.3, -0.25) is 0 Å². The fraction of sp³-hybridized carbons (Fsp3) is 0.357. The SMILES string of the molecule is CCN(Cc1cccs1)c1ncc(CBr)cc1C. The van der Waals surface area contributed by atoms with E-state index in [1.807, 2.05) is 6.20 Å². The number of aryl methyl sites for hydroxylation is 1. The molecule has 0 saturated carbocycles. The third-order valence-corrected chi connectivity index (χ3v) is 4.38. The van der Waals surface area contributed by atoms with Crippen molar-refractivity contribution in [1.82, 2.24) is 4.98 Å². The second-order valence-corrected chi connectivity index (χ2v) is 5.80. The van der Waals surface area contributed by atoms with Crippen molar-refractivity contribution in [3.63, 3.8) is 0 Å². The highest BCUT2D eigenvalue weighted by Gasteiger charge is 2.10. The zero-order chi connectivity index (χ0) is 13.0. The number of anilines is 1. The van der Waals surface area contributed by atoms with Crippen LogP contribution in [0.2, 0.25) is 0 Å². The average molecular weight is 325 g/mol. The van der Waals surface area contributed by atoms with Crippen LogP contribution in [0.4, 0.5) is 5.82 Å². The molecule has 0 spiro atoms. The minimum absolute atomic E-state index is 0.859. The molecule has 0 radical (unpaired) electrons. The quantitative estimate of drug-likeness (QED) is 0.759. The van der Waals surface area contributed by atoms with Crippen LogP contribution in [-0.4, -0.2) is 11.5 Å². The highest BCUT2D eigenvalue weighted by molar-refractivity contribution is 9.08. The maximum atomic E-state index is 4.60. The normalized spacial score (nSPS) is 10.6. The van der Waals surface area contributed by atoms with Crippen LogP contribution < -0.4 is 4.90 Å². The van der Waals surface area contributed by atoms with Crippen LogP contribution in [0.5, 0.6) is 0 Å². The molecule has 96 valence electrons. The van der Waals surface area contributed by atoms with E-state index in [-0.39, 0.29) is 0 Å². The fourth-order valence-corrected chi connectivity index (χ4v) is 2.98. The van der Waals surface area contributed by atoms with E-state index < -0.39 is 0 Å². The maximum absolute atomic E-state index is 4.60. The number of hydrogen-bond acceptors (Lipinski definition) is 3. The van der Waals surface area contributed by atoms with Gasteiger partial charge in [-0.1, -0.05) is 28.1 Å². The van der Waals surface area contributed by atoms with Gasteiger partial charge in [0.2, 0.25) is 0 Å². The summed E-state index contributed by atoms with van der Waals surface area (Å²) in [6, 6.07) is 6.48. The van der Waals surface area contributed by atoms with Crippen molar-refractivity contribution in [3.8, 4) is 0 Å². The van der Waals surface area contributed by atoms with Gasteiger partial charge in [0.05, 0.1) is 6.54 Å². The van der Waals surface area contributed by atoms with Crippen LogP contribution in [-0.2, 0) is 11.9 Å². The summed E-state index contributed by atoms with van der Waals surface area (Å²) in [5.74, 6) is 1.09. The van der Waals surface area contributed by atoms with E-state index >= 15 is 0 Å². The van der Waals surface area contributed by atoms with Gasteiger partial charge in [-0.05, 0) is 36.4 Å². The Kier molecular flexibility index (Phi) is 4.78. The van der Waals surface area contributed by atoms with Gasteiger partial charge in [-0.25, -0.2) is 4.98 Å². The third kappa shape index (κ3) is 3.12. The maximum Gasteiger partial charge on any atom is 0.131 e. The van der Waals surface area contributed by atoms with Gasteiger partial charge in [-0.2, -0.15) is 0 Å². The van der Waals surface area contributed by atoms with Gasteiger partial charge in [0.15, 0.2) is 0 Å². The minimum Gasteiger partial charge on any atom is -0.352 e. The van der Waals surface area contributed by atoms with Gasteiger partial charge in [0, 0.05) is 22.9 Å². The zero-order valence-electron chi connectivity index (χ0n) is 10.7. The number of thiophene rings is 1. The standard InChI is InChI=1S/C14H17BrN2S/c1-3-17(10-13-5-4-6-18-13)14-11(2)7-12(8-15)9-16-14/h4-7,9H,3,8,10H2,1-2H3. The summed E-state index contributed by atoms with van der Waals surface area (Å²) in [4.78, 5) is 8.30. The first-order valence-electron chi connectivity index (χ1n) is 6.03. The summed E-state index contributed by atoms with van der Waals surface area (Å²) in [5.41, 5.74) is 2.47. The van der Waals surface area contributed by atoms with E-state index in [9.17, 15) is 0 Å². The van der Waals surface area contributed by atoms with Gasteiger partial charge in [0.25, 0.3) is 0 Å². The Morgan fingerprint density at radius 2 is 2.28 bits per heavy atom. The summed E-state index contributed by atoms with van der Waals surface area (Å²) in [6.07, 6.45) is 1.95. The molecule has 2 heterocycles. The van der Waals surface area contributed by atoms with Gasteiger partial charge >= 0.3 is 0 Å². The van der Waals surface area contributed by atoms with Crippen molar-refractivity contribution in [2.24, 2.45) is 0 Å². The first-order valence-corrected chi connectivity index (χ1v) is 8.03. The number of hydrogen-bond donors (Lipinski definition) is 0. The Labute approximate surface area is 121 Å². The molecule has 0 aromatic carbocycles. The zero-order valence-corrected chi connectivity index (χ0v) is 13.1. The van der Waals surface area contributed by atoms with E-state index in [4.69, 9.17) is 0 Å². The monoisotopic (exact) mass is 324 g/mol. The second-order valence-electron chi connectivity index (χ2n) is 4.21. The molecule has 0 atom stereocenters. The van der Waals surface area contributed by atoms with Crippen molar-refractivity contribution in [2.75, 3.05) is 11.4 Å². The van der Waals surface area contributed by atoms with Crippen molar-refractivity contribution in [1.29, 1.82) is 0 Å². The van der Waals surface area contributed by atoms with E-state index in [1.165, 1.54) is 16.0 Å². The topological polar surface area (TPSA) is 16.1 Å². The second kappa shape index (κ2) is 6.34. The molecule has 4 heteroatoms. The van der Waals surface area contributed by atoms with Crippen LogP contribution in [0.25, 0.3) is 0 Å². The summed E-state index contributed by atoms with van der Waals surface area (Å²) < 4.78 is 0. The lowest BCUT2D eigenvalue weighted by molar-refractivity contribution is 0.817. The first kappa shape index (κ1) is 13.6. The van der Waals surface area contributed by atoms with Crippen LogP contribution in [0.1, 0.15) is 22.9 Å². The van der Waals surface area contributed by atoms with E-state index in [0.29, 0.717) is 0 Å². The van der Waals surface area contributed by atoms with E-state index in [1.54, 1.807) is 11.3 Å². The summed E-state index contributed by atoms with van der Waals surface area (Å²) in [5, 5.41) is 2.98. The van der Waals surface area contributed by atoms with Crippen LogP contribution in [0.15, 0.2) is 29.8 Å². The lowest BCUT2D eigenvalue weighted by Gasteiger charge is -2.23. The Morgan fingerprint density at radius 1 is 1.44 bits per heavy atom. The lowest BCUT2D eigenvalue weighted by Crippen LogP contribution is -2.23. The number of alkyl halides is 1. The Hall–Kier alpha value is -0.870. The molecule has 0 bridgehead atoms. The molecule has 2 rings (SSSR count). The van der Waals surface area contributed by atoms with E-state index in [2.05, 4.69) is 63.2 Å². The van der Waals surface area contributed by atoms with Crippen molar-refractivity contribution in [3.05, 3.63) is 45.8 Å². The van der Waals surface area contributed by atoms with Crippen molar-refractivity contribution < 1.29 is 0 Å². The Balaban J connectivity index is 2.22. The molecule has 0 unspecified atom stereocenters. The molecule has 0 aliphatic carbocycles. The molecule has 18 heavy (non-hydrogen) atoms. The van der Waals surface area contributed by atoms with Crippen molar-refractivity contribution in [2.45, 2.75) is 25.7 Å². The molecule has 2 aromatic heterocycles. The lowest BCUT2D eigenvalue weighted by atomic mass is 10.2. The molecule has 0 aliphatic heterocycles. The largest absolute Gasteiger partial charge is 0.352 e. The number of rotatable bonds is 5. The molecule has 0 aliphatic rings. The molecular weight excluding hydrogens is 308 g/mol. The summed E-state index contributed by atoms with van der Waals surface area (Å²) >= 11 is 5.26. The van der Waals surface area contributed by atoms with Crippen LogP contribution >= 0.6 is 27.3 Å². The van der Waals surface area contributed by atoms with E-state index in [0.717, 1.165) is 24.2 Å². The van der Waals surface area contributed by atoms with Gasteiger partial charge in [-0.15, -0.1) is 11.3 Å². The molecule has 0 fully saturated rings. The first-order chi connectivity index (χ1) is 8.74. The van der Waals surface area contributed by atoms with Gasteiger partial charge in [0.1, 0.15) is 5.82 Å². The smallest absolute Gasteiger partial charge is 0.131 e. The molecule has 0 N–H and O–H groups in total.